The predicted octanol–water partition coefficient (Wildman–Crippen LogP) is 6.01. The average Bonchev–Trinajstić information content (AvgIpc) is 2.43. The Kier molecular flexibility index (Phi) is 4.55. The Balaban J connectivity index is 3.00. The van der Waals surface area contributed by atoms with Crippen LogP contribution < -0.4 is 0 Å². The van der Waals surface area contributed by atoms with Gasteiger partial charge in [-0.05, 0) is 19.9 Å². The molecule has 2 rings (SSSR count). The minimum Gasteiger partial charge on any atom is -0.222 e. The van der Waals surface area contributed by atoms with Gasteiger partial charge in [0.05, 0.1) is 5.41 Å². The highest BCUT2D eigenvalue weighted by Gasteiger charge is 2.81. The lowest BCUT2D eigenvalue weighted by Crippen LogP contribution is -2.65. The van der Waals surface area contributed by atoms with Crippen molar-refractivity contribution in [2.75, 3.05) is 0 Å². The zero-order valence-electron chi connectivity index (χ0n) is 13.1. The van der Waals surface area contributed by atoms with E-state index < -0.39 is 34.8 Å². The third-order valence-electron chi connectivity index (χ3n) is 4.04. The van der Waals surface area contributed by atoms with E-state index in [1.54, 1.807) is 0 Å². The molecule has 0 nitrogen and oxygen atoms in total. The Labute approximate surface area is 138 Å². The molecule has 1 radical (unpaired) electrons. The summed E-state index contributed by atoms with van der Waals surface area (Å²) in [4.78, 5) is 0. The molecule has 0 aliphatic heterocycles. The van der Waals surface area contributed by atoms with E-state index in [1.807, 2.05) is 0 Å². The quantitative estimate of drug-likeness (QED) is 0.561. The van der Waals surface area contributed by atoms with Crippen LogP contribution in [0.25, 0.3) is 0 Å². The Bertz CT molecular complexity index is 689. The molecule has 8 heteroatoms. The monoisotopic (exact) mass is 369 g/mol. The molecule has 0 saturated carbocycles. The van der Waals surface area contributed by atoms with E-state index in [-0.39, 0.29) is 11.1 Å². The second kappa shape index (κ2) is 5.85. The van der Waals surface area contributed by atoms with Crippen LogP contribution in [-0.4, -0.2) is 18.0 Å². The molecule has 0 spiro atoms. The molecule has 0 heterocycles. The Morgan fingerprint density at radius 3 is 1.60 bits per heavy atom. The summed E-state index contributed by atoms with van der Waals surface area (Å²) in [6.45, 7) is 2.44. The van der Waals surface area contributed by atoms with Crippen LogP contribution in [0, 0.1) is 12.2 Å². The Hall–Kier alpha value is -1.86. The van der Waals surface area contributed by atoms with Crippen molar-refractivity contribution in [2.45, 2.75) is 37.3 Å². The molecule has 0 amide bonds. The maximum Gasteiger partial charge on any atom is 0.433 e. The molecule has 0 bridgehead atoms. The zero-order valence-corrected chi connectivity index (χ0v) is 13.1. The number of rotatable bonds is 2. The number of hydrogen-bond acceptors (Lipinski definition) is 0. The number of allylic oxidation sites excluding steroid dienone is 4. The summed E-state index contributed by atoms with van der Waals surface area (Å²) in [6.07, 6.45) is -10.4. The summed E-state index contributed by atoms with van der Waals surface area (Å²) >= 11 is 0. The van der Waals surface area contributed by atoms with Crippen LogP contribution in [0.4, 0.5) is 35.1 Å². The van der Waals surface area contributed by atoms with E-state index in [4.69, 9.17) is 0 Å². The summed E-state index contributed by atoms with van der Waals surface area (Å²) in [5.74, 6) is -1.37. The Morgan fingerprint density at radius 2 is 1.20 bits per heavy atom. The number of alkyl halides is 7. The molecule has 0 fully saturated rings. The van der Waals surface area contributed by atoms with E-state index in [1.165, 1.54) is 20.3 Å². The van der Waals surface area contributed by atoms with Gasteiger partial charge in [0.25, 0.3) is 0 Å². The normalized spacial score (nSPS) is 18.6. The van der Waals surface area contributed by atoms with Crippen molar-refractivity contribution in [3.63, 3.8) is 0 Å². The van der Waals surface area contributed by atoms with Gasteiger partial charge in [-0.25, -0.2) is 8.78 Å². The lowest BCUT2D eigenvalue weighted by atomic mass is 9.63. The number of hydrogen-bond donors (Lipinski definition) is 0. The van der Waals surface area contributed by atoms with Gasteiger partial charge in [0.15, 0.2) is 0 Å². The van der Waals surface area contributed by atoms with Crippen molar-refractivity contribution in [1.82, 2.24) is 0 Å². The summed E-state index contributed by atoms with van der Waals surface area (Å²) < 4.78 is 110. The minimum absolute atomic E-state index is 0.0428. The first-order valence-electron chi connectivity index (χ1n) is 7.07. The lowest BCUT2D eigenvalue weighted by molar-refractivity contribution is -0.354. The van der Waals surface area contributed by atoms with Gasteiger partial charge in [-0.3, -0.25) is 0 Å². The van der Waals surface area contributed by atoms with Crippen molar-refractivity contribution in [3.8, 4) is 0 Å². The van der Waals surface area contributed by atoms with Crippen LogP contribution in [0.15, 0.2) is 47.6 Å². The van der Waals surface area contributed by atoms with Crippen molar-refractivity contribution in [2.24, 2.45) is 0 Å². The van der Waals surface area contributed by atoms with Crippen LogP contribution >= 0.6 is 0 Å². The average molecular weight is 369 g/mol. The van der Waals surface area contributed by atoms with Crippen LogP contribution in [0.1, 0.15) is 19.4 Å². The molecule has 1 aromatic carbocycles. The largest absolute Gasteiger partial charge is 0.433 e. The van der Waals surface area contributed by atoms with Gasteiger partial charge in [0, 0.05) is 12.0 Å². The van der Waals surface area contributed by atoms with Gasteiger partial charge in [-0.1, -0.05) is 41.5 Å². The van der Waals surface area contributed by atoms with Crippen molar-refractivity contribution < 1.29 is 35.1 Å². The third kappa shape index (κ3) is 2.85. The van der Waals surface area contributed by atoms with Gasteiger partial charge < -0.3 is 0 Å². The molecule has 1 aromatic rings. The molecule has 1 aliphatic rings. The smallest absolute Gasteiger partial charge is 0.222 e. The van der Waals surface area contributed by atoms with Gasteiger partial charge in [0.2, 0.25) is 0 Å². The maximum absolute atomic E-state index is 15.0. The fourth-order valence-electron chi connectivity index (χ4n) is 3.17. The molecule has 1 aliphatic carbocycles. The second-order valence-corrected chi connectivity index (χ2v) is 5.92. The fourth-order valence-corrected chi connectivity index (χ4v) is 3.17. The lowest BCUT2D eigenvalue weighted by Gasteiger charge is -2.45. The van der Waals surface area contributed by atoms with Crippen molar-refractivity contribution in [3.05, 3.63) is 65.4 Å². The van der Waals surface area contributed by atoms with Crippen molar-refractivity contribution >= 4 is 0 Å². The maximum atomic E-state index is 15.0. The van der Waals surface area contributed by atoms with Crippen LogP contribution in [0.3, 0.4) is 0 Å². The first kappa shape index (κ1) is 19.5. The van der Waals surface area contributed by atoms with E-state index in [2.05, 4.69) is 0 Å². The highest BCUT2D eigenvalue weighted by atomic mass is 19.4. The molecular weight excluding hydrogens is 356 g/mol. The molecular formula is C17H13F8. The van der Waals surface area contributed by atoms with E-state index in [9.17, 15) is 30.7 Å². The Morgan fingerprint density at radius 1 is 0.760 bits per heavy atom. The SMILES string of the molecule is CC1=CC(c2ccccc2F)(C(F)(C(F)(F)F)C(F)(F)F)C=C(C)[CH]1. The van der Waals surface area contributed by atoms with Gasteiger partial charge in [-0.2, -0.15) is 26.3 Å². The van der Waals surface area contributed by atoms with Gasteiger partial charge in [0.1, 0.15) is 5.82 Å². The zero-order chi connectivity index (χ0) is 19.3. The van der Waals surface area contributed by atoms with Gasteiger partial charge >= 0.3 is 18.0 Å². The fraction of sp³-hybridized carbons (Fsp3) is 0.353. The van der Waals surface area contributed by atoms with Crippen molar-refractivity contribution in [1.29, 1.82) is 0 Å². The number of halogens is 8. The first-order chi connectivity index (χ1) is 11.3. The number of benzene rings is 1. The highest BCUT2D eigenvalue weighted by Crippen LogP contribution is 2.60. The molecule has 0 unspecified atom stereocenters. The van der Waals surface area contributed by atoms with Crippen LogP contribution in [0.5, 0.6) is 0 Å². The highest BCUT2D eigenvalue weighted by molar-refractivity contribution is 5.52. The van der Waals surface area contributed by atoms with Crippen LogP contribution in [-0.2, 0) is 5.41 Å². The first-order valence-corrected chi connectivity index (χ1v) is 7.07. The standard InChI is InChI=1S/C17H13F8/c1-10-7-11(2)9-14(8-10,12-5-3-4-6-13(12)18)15(19,16(20,21)22)17(23,24)25/h3-9H,1-2H3. The van der Waals surface area contributed by atoms with Gasteiger partial charge in [-0.15, -0.1) is 0 Å². The molecule has 0 N–H and O–H groups in total. The van der Waals surface area contributed by atoms with E-state index in [0.29, 0.717) is 18.2 Å². The topological polar surface area (TPSA) is 0 Å². The summed E-state index contributed by atoms with van der Waals surface area (Å²) in [5, 5.41) is 0. The second-order valence-electron chi connectivity index (χ2n) is 5.92. The van der Waals surface area contributed by atoms with E-state index >= 15 is 4.39 Å². The summed E-state index contributed by atoms with van der Waals surface area (Å²) in [6, 6.07) is 3.56. The minimum atomic E-state index is -6.33. The molecule has 25 heavy (non-hydrogen) atoms. The van der Waals surface area contributed by atoms with Crippen LogP contribution in [0.2, 0.25) is 0 Å². The summed E-state index contributed by atoms with van der Waals surface area (Å²) in [7, 11) is 0. The predicted molar refractivity (Wildman–Crippen MR) is 75.8 cm³/mol. The van der Waals surface area contributed by atoms with E-state index in [0.717, 1.165) is 18.2 Å². The molecule has 0 aromatic heterocycles. The molecule has 0 atom stereocenters. The summed E-state index contributed by atoms with van der Waals surface area (Å²) in [5.41, 5.74) is -10.3. The third-order valence-corrected chi connectivity index (χ3v) is 4.04. The molecule has 0 saturated heterocycles. The molecule has 137 valence electrons.